The maximum absolute atomic E-state index is 10.7. The molecule has 0 amide bonds. The molecule has 0 saturated carbocycles. The number of halogens is 1. The number of aromatic hydroxyl groups is 1. The number of rotatable bonds is 3. The molecule has 0 radical (unpaired) electrons. The van der Waals surface area contributed by atoms with E-state index in [1.54, 1.807) is 6.07 Å². The first-order valence-electron chi connectivity index (χ1n) is 4.38. The molecule has 0 heterocycles. The molecule has 0 aromatic heterocycles. The van der Waals surface area contributed by atoms with Crippen LogP contribution in [0.5, 0.6) is 5.75 Å². The molecule has 0 aliphatic rings. The van der Waals surface area contributed by atoms with Gasteiger partial charge in [-0.25, -0.2) is 4.79 Å². The van der Waals surface area contributed by atoms with Crippen molar-refractivity contribution in [3.8, 4) is 5.75 Å². The number of carbonyl (C=O) groups is 1. The molecule has 4 nitrogen and oxygen atoms in total. The third kappa shape index (κ3) is 2.61. The Kier molecular flexibility index (Phi) is 5.11. The number of hydrogen-bond acceptors (Lipinski definition) is 3. The summed E-state index contributed by atoms with van der Waals surface area (Å²) in [5, 5.41) is 18.4. The molecular formula is C10H14ClNO3. The molecule has 1 aromatic carbocycles. The predicted molar refractivity (Wildman–Crippen MR) is 59.6 cm³/mol. The molecule has 0 bridgehead atoms. The predicted octanol–water partition coefficient (Wildman–Crippen LogP) is 1.53. The van der Waals surface area contributed by atoms with Crippen LogP contribution in [-0.4, -0.2) is 16.2 Å². The highest BCUT2D eigenvalue weighted by molar-refractivity contribution is 5.91. The molecule has 0 saturated heterocycles. The fourth-order valence-electron chi connectivity index (χ4n) is 1.44. The lowest BCUT2D eigenvalue weighted by molar-refractivity contribution is 0.0693. The summed E-state index contributed by atoms with van der Waals surface area (Å²) < 4.78 is 0. The van der Waals surface area contributed by atoms with Crippen molar-refractivity contribution in [2.45, 2.75) is 19.9 Å². The van der Waals surface area contributed by atoms with Gasteiger partial charge in [0, 0.05) is 6.54 Å². The van der Waals surface area contributed by atoms with Crippen LogP contribution in [0.15, 0.2) is 12.1 Å². The topological polar surface area (TPSA) is 83.6 Å². The maximum Gasteiger partial charge on any atom is 0.339 e. The second kappa shape index (κ2) is 5.58. The summed E-state index contributed by atoms with van der Waals surface area (Å²) >= 11 is 0. The molecule has 0 atom stereocenters. The molecule has 1 aromatic rings. The molecule has 0 unspecified atom stereocenters. The van der Waals surface area contributed by atoms with Gasteiger partial charge >= 0.3 is 5.97 Å². The highest BCUT2D eigenvalue weighted by Crippen LogP contribution is 2.26. The van der Waals surface area contributed by atoms with Crippen molar-refractivity contribution in [3.63, 3.8) is 0 Å². The Balaban J connectivity index is 0.00000196. The minimum absolute atomic E-state index is 0. The lowest BCUT2D eigenvalue weighted by Crippen LogP contribution is -2.05. The second-order valence-electron chi connectivity index (χ2n) is 2.96. The highest BCUT2D eigenvalue weighted by Gasteiger charge is 2.14. The number of hydrogen-bond donors (Lipinski definition) is 3. The highest BCUT2D eigenvalue weighted by atomic mass is 35.5. The van der Waals surface area contributed by atoms with Crippen molar-refractivity contribution in [2.75, 3.05) is 0 Å². The Morgan fingerprint density at radius 1 is 1.47 bits per heavy atom. The van der Waals surface area contributed by atoms with Crippen molar-refractivity contribution in [1.82, 2.24) is 0 Å². The Bertz CT molecular complexity index is 366. The Labute approximate surface area is 94.1 Å². The number of nitrogens with two attached hydrogens (primary N) is 1. The smallest absolute Gasteiger partial charge is 0.339 e. The van der Waals surface area contributed by atoms with Gasteiger partial charge in [0.05, 0.1) is 0 Å². The zero-order chi connectivity index (χ0) is 10.7. The zero-order valence-corrected chi connectivity index (χ0v) is 9.17. The molecule has 0 fully saturated rings. The van der Waals surface area contributed by atoms with Crippen LogP contribution in [-0.2, 0) is 13.0 Å². The quantitative estimate of drug-likeness (QED) is 0.737. The number of carboxylic acids is 1. The van der Waals surface area contributed by atoms with Crippen LogP contribution in [0.1, 0.15) is 28.4 Å². The van der Waals surface area contributed by atoms with E-state index in [4.69, 9.17) is 10.8 Å². The van der Waals surface area contributed by atoms with E-state index in [1.807, 2.05) is 6.92 Å². The SMILES string of the molecule is CCc1c(CN)ccc(C(=O)O)c1O.Cl. The number of phenols is 1. The average molecular weight is 232 g/mol. The summed E-state index contributed by atoms with van der Waals surface area (Å²) in [4.78, 5) is 10.7. The minimum Gasteiger partial charge on any atom is -0.507 e. The molecule has 0 aliphatic carbocycles. The van der Waals surface area contributed by atoms with Crippen LogP contribution in [0.3, 0.4) is 0 Å². The van der Waals surface area contributed by atoms with Gasteiger partial charge in [-0.2, -0.15) is 0 Å². The van der Waals surface area contributed by atoms with Crippen molar-refractivity contribution < 1.29 is 15.0 Å². The lowest BCUT2D eigenvalue weighted by atomic mass is 10.00. The van der Waals surface area contributed by atoms with E-state index in [0.717, 1.165) is 5.56 Å². The first-order valence-corrected chi connectivity index (χ1v) is 4.38. The molecule has 5 heteroatoms. The van der Waals surface area contributed by atoms with Gasteiger partial charge < -0.3 is 15.9 Å². The van der Waals surface area contributed by atoms with Crippen LogP contribution >= 0.6 is 12.4 Å². The van der Waals surface area contributed by atoms with Gasteiger partial charge in [-0.15, -0.1) is 12.4 Å². The van der Waals surface area contributed by atoms with Gasteiger partial charge in [0.2, 0.25) is 0 Å². The fourth-order valence-corrected chi connectivity index (χ4v) is 1.44. The normalized spacial score (nSPS) is 9.47. The van der Waals surface area contributed by atoms with Crippen LogP contribution in [0.4, 0.5) is 0 Å². The fraction of sp³-hybridized carbons (Fsp3) is 0.300. The van der Waals surface area contributed by atoms with Gasteiger partial charge in [0.25, 0.3) is 0 Å². The van der Waals surface area contributed by atoms with E-state index in [-0.39, 0.29) is 23.7 Å². The van der Waals surface area contributed by atoms with Gasteiger partial charge in [-0.05, 0) is 23.6 Å². The number of carboxylic acid groups (broad SMARTS) is 1. The Hall–Kier alpha value is -1.26. The van der Waals surface area contributed by atoms with Gasteiger partial charge in [0.15, 0.2) is 0 Å². The van der Waals surface area contributed by atoms with E-state index < -0.39 is 5.97 Å². The summed E-state index contributed by atoms with van der Waals surface area (Å²) in [6, 6.07) is 3.01. The Morgan fingerprint density at radius 2 is 2.07 bits per heavy atom. The van der Waals surface area contributed by atoms with Crippen LogP contribution in [0.2, 0.25) is 0 Å². The number of aromatic carboxylic acids is 1. The first-order chi connectivity index (χ1) is 6.61. The third-order valence-corrected chi connectivity index (χ3v) is 2.18. The molecule has 1 rings (SSSR count). The summed E-state index contributed by atoms with van der Waals surface area (Å²) in [7, 11) is 0. The zero-order valence-electron chi connectivity index (χ0n) is 8.36. The van der Waals surface area contributed by atoms with Gasteiger partial charge in [-0.1, -0.05) is 13.0 Å². The summed E-state index contributed by atoms with van der Waals surface area (Å²) in [6.45, 7) is 2.15. The van der Waals surface area contributed by atoms with Crippen molar-refractivity contribution >= 4 is 18.4 Å². The van der Waals surface area contributed by atoms with E-state index in [1.165, 1.54) is 6.07 Å². The van der Waals surface area contributed by atoms with Gasteiger partial charge in [-0.3, -0.25) is 0 Å². The molecule has 84 valence electrons. The van der Waals surface area contributed by atoms with Crippen molar-refractivity contribution in [1.29, 1.82) is 0 Å². The second-order valence-corrected chi connectivity index (χ2v) is 2.96. The standard InChI is InChI=1S/C10H13NO3.ClH/c1-2-7-6(5-11)3-4-8(9(7)12)10(13)14;/h3-4,12H,2,5,11H2,1H3,(H,13,14);1H. The third-order valence-electron chi connectivity index (χ3n) is 2.18. The van der Waals surface area contributed by atoms with Crippen molar-refractivity contribution in [2.24, 2.45) is 5.73 Å². The molecule has 15 heavy (non-hydrogen) atoms. The summed E-state index contributed by atoms with van der Waals surface area (Å²) in [5.74, 6) is -1.29. The molecule has 0 aliphatic heterocycles. The summed E-state index contributed by atoms with van der Waals surface area (Å²) in [5.41, 5.74) is 6.80. The molecule has 4 N–H and O–H groups in total. The van der Waals surface area contributed by atoms with Crippen LogP contribution in [0.25, 0.3) is 0 Å². The Morgan fingerprint density at radius 3 is 2.47 bits per heavy atom. The van der Waals surface area contributed by atoms with Crippen molar-refractivity contribution in [3.05, 3.63) is 28.8 Å². The monoisotopic (exact) mass is 231 g/mol. The number of benzene rings is 1. The van der Waals surface area contributed by atoms with E-state index in [9.17, 15) is 9.90 Å². The van der Waals surface area contributed by atoms with E-state index in [2.05, 4.69) is 0 Å². The lowest BCUT2D eigenvalue weighted by Gasteiger charge is -2.09. The molecule has 0 spiro atoms. The van der Waals surface area contributed by atoms with E-state index >= 15 is 0 Å². The van der Waals surface area contributed by atoms with Gasteiger partial charge in [0.1, 0.15) is 11.3 Å². The first kappa shape index (κ1) is 13.7. The largest absolute Gasteiger partial charge is 0.507 e. The summed E-state index contributed by atoms with van der Waals surface area (Å²) in [6.07, 6.45) is 0.569. The van der Waals surface area contributed by atoms with E-state index in [0.29, 0.717) is 18.5 Å². The average Bonchev–Trinajstić information content (AvgIpc) is 2.16. The van der Waals surface area contributed by atoms with Crippen LogP contribution < -0.4 is 5.73 Å². The minimum atomic E-state index is -1.12. The molecular weight excluding hydrogens is 218 g/mol. The maximum atomic E-state index is 10.7. The van der Waals surface area contributed by atoms with Crippen LogP contribution in [0, 0.1) is 0 Å².